The number of halogens is 2. The van der Waals surface area contributed by atoms with Gasteiger partial charge in [-0.25, -0.2) is 13.8 Å². The van der Waals surface area contributed by atoms with E-state index >= 15 is 0 Å². The summed E-state index contributed by atoms with van der Waals surface area (Å²) in [6, 6.07) is -1.37. The Hall–Kier alpha value is -0.750. The Balaban J connectivity index is 2.83. The summed E-state index contributed by atoms with van der Waals surface area (Å²) in [7, 11) is 1.43. The lowest BCUT2D eigenvalue weighted by molar-refractivity contribution is -0.00734. The SMILES string of the molecule is COc1nc(C(N)C(C)(F)F)cs1. The van der Waals surface area contributed by atoms with Crippen molar-refractivity contribution in [3.05, 3.63) is 11.1 Å². The molecule has 1 aromatic rings. The first-order valence-corrected chi connectivity index (χ1v) is 4.46. The first-order valence-electron chi connectivity index (χ1n) is 3.58. The van der Waals surface area contributed by atoms with Crippen LogP contribution >= 0.6 is 11.3 Å². The summed E-state index contributed by atoms with van der Waals surface area (Å²) in [4.78, 5) is 3.79. The van der Waals surface area contributed by atoms with E-state index in [4.69, 9.17) is 10.5 Å². The van der Waals surface area contributed by atoms with Crippen molar-refractivity contribution in [3.8, 4) is 5.19 Å². The predicted molar refractivity (Wildman–Crippen MR) is 46.2 cm³/mol. The van der Waals surface area contributed by atoms with Gasteiger partial charge in [0.25, 0.3) is 11.1 Å². The highest BCUT2D eigenvalue weighted by molar-refractivity contribution is 7.11. The Labute approximate surface area is 78.5 Å². The van der Waals surface area contributed by atoms with Gasteiger partial charge in [-0.1, -0.05) is 11.3 Å². The maximum Gasteiger partial charge on any atom is 0.273 e. The van der Waals surface area contributed by atoms with Gasteiger partial charge in [0.05, 0.1) is 12.8 Å². The molecule has 0 spiro atoms. The van der Waals surface area contributed by atoms with Crippen LogP contribution in [0.4, 0.5) is 8.78 Å². The van der Waals surface area contributed by atoms with Crippen molar-refractivity contribution in [3.63, 3.8) is 0 Å². The van der Waals surface area contributed by atoms with E-state index in [0.29, 0.717) is 5.19 Å². The van der Waals surface area contributed by atoms with Gasteiger partial charge in [-0.3, -0.25) is 0 Å². The zero-order chi connectivity index (χ0) is 10.1. The van der Waals surface area contributed by atoms with Crippen molar-refractivity contribution in [2.45, 2.75) is 18.9 Å². The van der Waals surface area contributed by atoms with Gasteiger partial charge in [-0.15, -0.1) is 0 Å². The summed E-state index contributed by atoms with van der Waals surface area (Å²) in [5.74, 6) is -2.96. The molecule has 2 N–H and O–H groups in total. The number of thiazole rings is 1. The third-order valence-electron chi connectivity index (χ3n) is 1.54. The lowest BCUT2D eigenvalue weighted by Gasteiger charge is -2.16. The van der Waals surface area contributed by atoms with E-state index in [1.54, 1.807) is 0 Å². The Morgan fingerprint density at radius 3 is 2.69 bits per heavy atom. The summed E-state index contributed by atoms with van der Waals surface area (Å²) in [5.41, 5.74) is 5.44. The number of ether oxygens (including phenoxy) is 1. The Bertz CT molecular complexity index is 284. The molecule has 3 nitrogen and oxygen atoms in total. The van der Waals surface area contributed by atoms with Crippen molar-refractivity contribution in [1.82, 2.24) is 4.98 Å². The maximum atomic E-state index is 12.7. The fourth-order valence-corrected chi connectivity index (χ4v) is 1.44. The minimum Gasteiger partial charge on any atom is -0.473 e. The van der Waals surface area contributed by atoms with Crippen LogP contribution in [0.2, 0.25) is 0 Å². The molecule has 1 aromatic heterocycles. The highest BCUT2D eigenvalue weighted by Gasteiger charge is 2.33. The second-order valence-corrected chi connectivity index (χ2v) is 3.50. The lowest BCUT2D eigenvalue weighted by Crippen LogP contribution is -2.29. The van der Waals surface area contributed by atoms with Gasteiger partial charge in [0.15, 0.2) is 0 Å². The molecule has 0 aliphatic heterocycles. The molecular weight excluding hydrogens is 198 g/mol. The average Bonchev–Trinajstić information content (AvgIpc) is 2.48. The monoisotopic (exact) mass is 208 g/mol. The predicted octanol–water partition coefficient (Wildman–Crippen LogP) is 1.81. The first-order chi connectivity index (χ1) is 5.95. The molecule has 0 radical (unpaired) electrons. The topological polar surface area (TPSA) is 48.1 Å². The van der Waals surface area contributed by atoms with Crippen LogP contribution in [0, 0.1) is 0 Å². The summed E-state index contributed by atoms with van der Waals surface area (Å²) in [5, 5.41) is 1.82. The third-order valence-corrected chi connectivity index (χ3v) is 2.36. The highest BCUT2D eigenvalue weighted by atomic mass is 32.1. The molecule has 0 aromatic carbocycles. The van der Waals surface area contributed by atoms with Gasteiger partial charge in [0.1, 0.15) is 6.04 Å². The Morgan fingerprint density at radius 2 is 2.31 bits per heavy atom. The molecule has 1 heterocycles. The molecule has 0 saturated carbocycles. The molecule has 6 heteroatoms. The summed E-state index contributed by atoms with van der Waals surface area (Å²) in [6.07, 6.45) is 0. The molecule has 0 aliphatic carbocycles. The van der Waals surface area contributed by atoms with Crippen molar-refractivity contribution >= 4 is 11.3 Å². The van der Waals surface area contributed by atoms with Crippen LogP contribution in [0.15, 0.2) is 5.38 Å². The van der Waals surface area contributed by atoms with Crippen LogP contribution in [-0.4, -0.2) is 18.0 Å². The van der Waals surface area contributed by atoms with Crippen molar-refractivity contribution in [1.29, 1.82) is 0 Å². The number of alkyl halides is 2. The van der Waals surface area contributed by atoms with Gasteiger partial charge in [-0.2, -0.15) is 0 Å². The average molecular weight is 208 g/mol. The maximum absolute atomic E-state index is 12.7. The second-order valence-electron chi connectivity index (χ2n) is 2.68. The number of nitrogens with zero attached hydrogens (tertiary/aromatic N) is 1. The van der Waals surface area contributed by atoms with Crippen LogP contribution in [-0.2, 0) is 0 Å². The van der Waals surface area contributed by atoms with Crippen molar-refractivity contribution in [2.75, 3.05) is 7.11 Å². The van der Waals surface area contributed by atoms with Gasteiger partial charge in [0, 0.05) is 12.3 Å². The zero-order valence-corrected chi connectivity index (χ0v) is 8.07. The third kappa shape index (κ3) is 2.35. The Morgan fingerprint density at radius 1 is 1.69 bits per heavy atom. The Kier molecular flexibility index (Phi) is 2.82. The fraction of sp³-hybridized carbons (Fsp3) is 0.571. The van der Waals surface area contributed by atoms with E-state index in [1.165, 1.54) is 12.5 Å². The number of nitrogens with two attached hydrogens (primary N) is 1. The van der Waals surface area contributed by atoms with Crippen LogP contribution in [0.25, 0.3) is 0 Å². The van der Waals surface area contributed by atoms with Crippen molar-refractivity contribution < 1.29 is 13.5 Å². The molecule has 74 valence electrons. The number of hydrogen-bond acceptors (Lipinski definition) is 4. The van der Waals surface area contributed by atoms with E-state index < -0.39 is 12.0 Å². The fourth-order valence-electron chi connectivity index (χ4n) is 0.765. The van der Waals surface area contributed by atoms with Crippen molar-refractivity contribution in [2.24, 2.45) is 5.73 Å². The van der Waals surface area contributed by atoms with Gasteiger partial charge >= 0.3 is 0 Å². The number of hydrogen-bond donors (Lipinski definition) is 1. The summed E-state index contributed by atoms with van der Waals surface area (Å²) in [6.45, 7) is 0.767. The molecule has 0 amide bonds. The number of aromatic nitrogens is 1. The van der Waals surface area contributed by atoms with Gasteiger partial charge < -0.3 is 10.5 Å². The van der Waals surface area contributed by atoms with E-state index in [1.807, 2.05) is 0 Å². The van der Waals surface area contributed by atoms with E-state index in [9.17, 15) is 8.78 Å². The van der Waals surface area contributed by atoms with Gasteiger partial charge in [-0.05, 0) is 0 Å². The smallest absolute Gasteiger partial charge is 0.273 e. The standard InChI is InChI=1S/C7H10F2N2OS/c1-7(8,9)5(10)4-3-13-6(11-4)12-2/h3,5H,10H2,1-2H3. The van der Waals surface area contributed by atoms with E-state index in [-0.39, 0.29) is 5.69 Å². The number of rotatable bonds is 3. The first kappa shape index (κ1) is 10.3. The van der Waals surface area contributed by atoms with Crippen LogP contribution in [0.1, 0.15) is 18.7 Å². The lowest BCUT2D eigenvalue weighted by atomic mass is 10.1. The van der Waals surface area contributed by atoms with E-state index in [0.717, 1.165) is 18.3 Å². The molecule has 0 bridgehead atoms. The zero-order valence-electron chi connectivity index (χ0n) is 7.25. The van der Waals surface area contributed by atoms with E-state index in [2.05, 4.69) is 4.98 Å². The molecule has 1 atom stereocenters. The van der Waals surface area contributed by atoms with Gasteiger partial charge in [0.2, 0.25) is 0 Å². The molecular formula is C7H10F2N2OS. The summed E-state index contributed by atoms with van der Waals surface area (Å²) >= 11 is 1.15. The molecule has 1 rings (SSSR count). The minimum atomic E-state index is -2.96. The van der Waals surface area contributed by atoms with Crippen LogP contribution in [0.3, 0.4) is 0 Å². The highest BCUT2D eigenvalue weighted by Crippen LogP contribution is 2.30. The second kappa shape index (κ2) is 3.55. The quantitative estimate of drug-likeness (QED) is 0.824. The molecule has 0 saturated heterocycles. The number of methoxy groups -OCH3 is 1. The summed E-state index contributed by atoms with van der Waals surface area (Å²) < 4.78 is 30.2. The largest absolute Gasteiger partial charge is 0.473 e. The molecule has 13 heavy (non-hydrogen) atoms. The molecule has 0 aliphatic rings. The molecule has 0 fully saturated rings. The molecule has 1 unspecified atom stereocenters. The van der Waals surface area contributed by atoms with Crippen LogP contribution < -0.4 is 10.5 Å². The normalized spacial score (nSPS) is 14.2. The minimum absolute atomic E-state index is 0.161. The van der Waals surface area contributed by atoms with Crippen LogP contribution in [0.5, 0.6) is 5.19 Å².